The van der Waals surface area contributed by atoms with Gasteiger partial charge in [-0.25, -0.2) is 4.79 Å². The molecule has 0 aliphatic rings. The second-order valence-electron chi connectivity index (χ2n) is 3.01. The van der Waals surface area contributed by atoms with Gasteiger partial charge in [-0.15, -0.1) is 0 Å². The number of amides is 1. The smallest absolute Gasteiger partial charge is 0.337 e. The molecule has 0 aromatic heterocycles. The van der Waals surface area contributed by atoms with Crippen LogP contribution in [0.1, 0.15) is 18.6 Å². The van der Waals surface area contributed by atoms with Gasteiger partial charge in [-0.3, -0.25) is 4.79 Å². The molecular formula is C10H11NO4. The molecule has 0 saturated heterocycles. The summed E-state index contributed by atoms with van der Waals surface area (Å²) in [6.45, 7) is 1.31. The zero-order valence-electron chi connectivity index (χ0n) is 8.10. The lowest BCUT2D eigenvalue weighted by atomic mass is 10.1. The molecule has 1 amide bonds. The van der Waals surface area contributed by atoms with Crippen molar-refractivity contribution >= 4 is 17.6 Å². The van der Waals surface area contributed by atoms with Gasteiger partial charge in [0, 0.05) is 18.2 Å². The van der Waals surface area contributed by atoms with Crippen LogP contribution in [-0.2, 0) is 9.59 Å². The number of hydrogen-bond acceptors (Lipinski definition) is 3. The van der Waals surface area contributed by atoms with Gasteiger partial charge in [0.05, 0.1) is 0 Å². The molecule has 0 spiro atoms. The predicted octanol–water partition coefficient (Wildman–Crippen LogP) is 0.763. The lowest BCUT2D eigenvalue weighted by Crippen LogP contribution is -2.15. The maximum Gasteiger partial charge on any atom is 0.337 e. The van der Waals surface area contributed by atoms with E-state index in [1.54, 1.807) is 12.1 Å². The molecule has 3 N–H and O–H groups in total. The summed E-state index contributed by atoms with van der Waals surface area (Å²) in [5.41, 5.74) is 0.472. The summed E-state index contributed by atoms with van der Waals surface area (Å²) in [6.07, 6.45) is -1.63. The van der Waals surface area contributed by atoms with Crippen molar-refractivity contribution in [1.82, 2.24) is 0 Å². The third-order valence-electron chi connectivity index (χ3n) is 1.80. The van der Waals surface area contributed by atoms with Crippen LogP contribution in [-0.4, -0.2) is 22.1 Å². The Bertz CT molecular complexity index is 389. The van der Waals surface area contributed by atoms with E-state index in [0.717, 1.165) is 0 Å². The van der Waals surface area contributed by atoms with E-state index in [1.165, 1.54) is 19.1 Å². The van der Waals surface area contributed by atoms with Gasteiger partial charge in [0.25, 0.3) is 0 Å². The number of aliphatic carboxylic acids is 1. The molecule has 1 aromatic carbocycles. The molecule has 1 aromatic rings. The van der Waals surface area contributed by atoms with Crippen molar-refractivity contribution in [3.63, 3.8) is 0 Å². The maximum absolute atomic E-state index is 10.8. The Balaban J connectivity index is 3.05. The number of nitrogens with one attached hydrogen (secondary N) is 1. The molecule has 0 saturated carbocycles. The topological polar surface area (TPSA) is 86.6 Å². The van der Waals surface area contributed by atoms with Gasteiger partial charge in [-0.2, -0.15) is 0 Å². The van der Waals surface area contributed by atoms with Crippen LogP contribution in [0.4, 0.5) is 5.69 Å². The number of carboxylic acid groups (broad SMARTS) is 1. The lowest BCUT2D eigenvalue weighted by Gasteiger charge is -2.11. The number of carbonyl (C=O) groups is 2. The molecule has 0 heterocycles. The fourth-order valence-electron chi connectivity index (χ4n) is 1.17. The average Bonchev–Trinajstić information content (AvgIpc) is 2.16. The number of carbonyl (C=O) groups excluding carboxylic acids is 1. The lowest BCUT2D eigenvalue weighted by molar-refractivity contribution is -0.146. The molecule has 1 atom stereocenters. The van der Waals surface area contributed by atoms with Crippen LogP contribution in [0, 0.1) is 0 Å². The summed E-state index contributed by atoms with van der Waals surface area (Å²) in [5, 5.41) is 20.4. The van der Waals surface area contributed by atoms with E-state index in [-0.39, 0.29) is 11.5 Å². The van der Waals surface area contributed by atoms with Crippen molar-refractivity contribution in [2.75, 3.05) is 5.32 Å². The molecule has 5 nitrogen and oxygen atoms in total. The molecule has 0 aliphatic carbocycles. The minimum Gasteiger partial charge on any atom is -0.479 e. The highest BCUT2D eigenvalue weighted by Crippen LogP contribution is 2.22. The van der Waals surface area contributed by atoms with Gasteiger partial charge in [0.1, 0.15) is 0 Å². The summed E-state index contributed by atoms with van der Waals surface area (Å²) in [4.78, 5) is 21.4. The van der Waals surface area contributed by atoms with Crippen LogP contribution in [0.5, 0.6) is 0 Å². The summed E-state index contributed by atoms with van der Waals surface area (Å²) in [5.74, 6) is -1.67. The fourth-order valence-corrected chi connectivity index (χ4v) is 1.17. The van der Waals surface area contributed by atoms with Crippen molar-refractivity contribution in [3.05, 3.63) is 29.8 Å². The first-order chi connectivity index (χ1) is 7.02. The third-order valence-corrected chi connectivity index (χ3v) is 1.80. The Kier molecular flexibility index (Phi) is 3.41. The van der Waals surface area contributed by atoms with E-state index >= 15 is 0 Å². The largest absolute Gasteiger partial charge is 0.479 e. The maximum atomic E-state index is 10.8. The molecule has 80 valence electrons. The predicted molar refractivity (Wildman–Crippen MR) is 53.3 cm³/mol. The summed E-state index contributed by atoms with van der Waals surface area (Å²) in [6, 6.07) is 6.21. The Labute approximate surface area is 86.4 Å². The molecule has 1 unspecified atom stereocenters. The SMILES string of the molecule is CC(=O)Nc1ccccc1C(O)C(=O)O. The fraction of sp³-hybridized carbons (Fsp3) is 0.200. The zero-order valence-corrected chi connectivity index (χ0v) is 8.10. The standard InChI is InChI=1S/C10H11NO4/c1-6(12)11-8-5-3-2-4-7(8)9(13)10(14)15/h2-5,9,13H,1H3,(H,11,12)(H,14,15). The minimum absolute atomic E-state index is 0.167. The van der Waals surface area contributed by atoms with Crippen LogP contribution >= 0.6 is 0 Å². The normalized spacial score (nSPS) is 11.9. The first kappa shape index (κ1) is 11.2. The molecule has 0 aliphatic heterocycles. The second kappa shape index (κ2) is 4.56. The van der Waals surface area contributed by atoms with E-state index in [1.807, 2.05) is 0 Å². The van der Waals surface area contributed by atoms with E-state index in [9.17, 15) is 14.7 Å². The molecular weight excluding hydrogens is 198 g/mol. The van der Waals surface area contributed by atoms with Gasteiger partial charge in [0.2, 0.25) is 5.91 Å². The van der Waals surface area contributed by atoms with E-state index in [4.69, 9.17) is 5.11 Å². The van der Waals surface area contributed by atoms with E-state index in [0.29, 0.717) is 5.69 Å². The number of benzene rings is 1. The van der Waals surface area contributed by atoms with Crippen molar-refractivity contribution < 1.29 is 19.8 Å². The van der Waals surface area contributed by atoms with Crippen molar-refractivity contribution in [3.8, 4) is 0 Å². The van der Waals surface area contributed by atoms with Crippen LogP contribution in [0.25, 0.3) is 0 Å². The van der Waals surface area contributed by atoms with Gasteiger partial charge in [-0.1, -0.05) is 18.2 Å². The molecule has 0 bridgehead atoms. The zero-order chi connectivity index (χ0) is 11.4. The minimum atomic E-state index is -1.63. The number of aliphatic hydroxyl groups is 1. The number of para-hydroxylation sites is 1. The Hall–Kier alpha value is -1.88. The highest BCUT2D eigenvalue weighted by atomic mass is 16.4. The van der Waals surface area contributed by atoms with Crippen molar-refractivity contribution in [2.45, 2.75) is 13.0 Å². The van der Waals surface area contributed by atoms with Gasteiger partial charge >= 0.3 is 5.97 Å². The Morgan fingerprint density at radius 2 is 1.93 bits per heavy atom. The monoisotopic (exact) mass is 209 g/mol. The number of hydrogen-bond donors (Lipinski definition) is 3. The number of anilines is 1. The number of carboxylic acids is 1. The van der Waals surface area contributed by atoms with Gasteiger partial charge in [0.15, 0.2) is 6.10 Å². The van der Waals surface area contributed by atoms with Crippen LogP contribution in [0.3, 0.4) is 0 Å². The Morgan fingerprint density at radius 3 is 2.47 bits per heavy atom. The summed E-state index contributed by atoms with van der Waals surface area (Å²) >= 11 is 0. The molecule has 0 fully saturated rings. The van der Waals surface area contributed by atoms with E-state index < -0.39 is 12.1 Å². The highest BCUT2D eigenvalue weighted by Gasteiger charge is 2.19. The molecule has 1 rings (SSSR count). The van der Waals surface area contributed by atoms with Gasteiger partial charge < -0.3 is 15.5 Å². The average molecular weight is 209 g/mol. The second-order valence-corrected chi connectivity index (χ2v) is 3.01. The summed E-state index contributed by atoms with van der Waals surface area (Å²) in [7, 11) is 0. The first-order valence-corrected chi connectivity index (χ1v) is 4.29. The quantitative estimate of drug-likeness (QED) is 0.686. The summed E-state index contributed by atoms with van der Waals surface area (Å²) < 4.78 is 0. The Morgan fingerprint density at radius 1 is 1.33 bits per heavy atom. The number of aliphatic hydroxyl groups excluding tert-OH is 1. The molecule has 15 heavy (non-hydrogen) atoms. The van der Waals surface area contributed by atoms with Crippen molar-refractivity contribution in [2.24, 2.45) is 0 Å². The van der Waals surface area contributed by atoms with E-state index in [2.05, 4.69) is 5.32 Å². The molecule has 0 radical (unpaired) electrons. The highest BCUT2D eigenvalue weighted by molar-refractivity contribution is 5.90. The van der Waals surface area contributed by atoms with Crippen molar-refractivity contribution in [1.29, 1.82) is 0 Å². The third kappa shape index (κ3) is 2.78. The van der Waals surface area contributed by atoms with Crippen LogP contribution in [0.15, 0.2) is 24.3 Å². The first-order valence-electron chi connectivity index (χ1n) is 4.29. The molecule has 5 heteroatoms. The number of rotatable bonds is 3. The van der Waals surface area contributed by atoms with Gasteiger partial charge in [-0.05, 0) is 6.07 Å². The van der Waals surface area contributed by atoms with Crippen LogP contribution in [0.2, 0.25) is 0 Å². The van der Waals surface area contributed by atoms with Crippen LogP contribution < -0.4 is 5.32 Å².